The van der Waals surface area contributed by atoms with Gasteiger partial charge >= 0.3 is 5.97 Å². The molecule has 0 unspecified atom stereocenters. The van der Waals surface area contributed by atoms with E-state index >= 15 is 0 Å². The van der Waals surface area contributed by atoms with Crippen LogP contribution in [0.15, 0.2) is 53.6 Å². The summed E-state index contributed by atoms with van der Waals surface area (Å²) in [5, 5.41) is 9.81. The van der Waals surface area contributed by atoms with Crippen LogP contribution in [-0.2, 0) is 10.0 Å². The normalized spacial score (nSPS) is 11.7. The monoisotopic (exact) mass is 336 g/mol. The number of fused-ring (bicyclic) bond motifs is 1. The van der Waals surface area contributed by atoms with Crippen LogP contribution in [0.3, 0.4) is 0 Å². The maximum absolute atomic E-state index is 12.8. The van der Waals surface area contributed by atoms with Gasteiger partial charge in [0.1, 0.15) is 5.69 Å². The Morgan fingerprint density at radius 2 is 1.86 bits per heavy atom. The third kappa shape index (κ3) is 2.15. The Morgan fingerprint density at radius 3 is 2.50 bits per heavy atom. The Labute approximate surface area is 130 Å². The van der Waals surface area contributed by atoms with Crippen LogP contribution in [-0.4, -0.2) is 28.5 Å². The molecule has 22 heavy (non-hydrogen) atoms. The molecule has 0 bridgehead atoms. The molecule has 0 aliphatic carbocycles. The summed E-state index contributed by atoms with van der Waals surface area (Å²) < 4.78 is 26.2. The number of halogens is 1. The van der Waals surface area contributed by atoms with E-state index in [9.17, 15) is 18.3 Å². The summed E-state index contributed by atoms with van der Waals surface area (Å²) >= 11 is 6.00. The number of rotatable bonds is 3. The third-order valence-electron chi connectivity index (χ3n) is 3.11. The highest BCUT2D eigenvalue weighted by molar-refractivity contribution is 7.90. The molecule has 0 saturated heterocycles. The maximum atomic E-state index is 12.8. The highest BCUT2D eigenvalue weighted by Crippen LogP contribution is 2.28. The van der Waals surface area contributed by atoms with Gasteiger partial charge in [0.15, 0.2) is 5.65 Å². The molecular formula is C14H9ClN2O4S. The lowest BCUT2D eigenvalue weighted by molar-refractivity contribution is 0.0689. The molecule has 0 aliphatic heterocycles. The van der Waals surface area contributed by atoms with Crippen molar-refractivity contribution >= 4 is 38.6 Å². The van der Waals surface area contributed by atoms with Gasteiger partial charge in [-0.15, -0.1) is 0 Å². The smallest absolute Gasteiger partial charge is 0.353 e. The second kappa shape index (κ2) is 5.11. The summed E-state index contributed by atoms with van der Waals surface area (Å²) in [6.45, 7) is 0. The van der Waals surface area contributed by atoms with Crippen LogP contribution in [0.25, 0.3) is 11.0 Å². The fourth-order valence-corrected chi connectivity index (χ4v) is 3.80. The summed E-state index contributed by atoms with van der Waals surface area (Å²) in [5.41, 5.74) is -0.437. The molecule has 2 heterocycles. The first kappa shape index (κ1) is 14.6. The van der Waals surface area contributed by atoms with Gasteiger partial charge in [-0.05, 0) is 24.3 Å². The summed E-state index contributed by atoms with van der Waals surface area (Å²) in [6, 6.07) is 10.2. The van der Waals surface area contributed by atoms with Crippen molar-refractivity contribution in [2.45, 2.75) is 4.90 Å². The molecule has 6 nitrogen and oxygen atoms in total. The van der Waals surface area contributed by atoms with Crippen molar-refractivity contribution in [2.75, 3.05) is 0 Å². The Morgan fingerprint density at radius 1 is 1.18 bits per heavy atom. The molecule has 0 atom stereocenters. The van der Waals surface area contributed by atoms with Crippen molar-refractivity contribution in [3.05, 3.63) is 59.4 Å². The Bertz CT molecular complexity index is 981. The lowest BCUT2D eigenvalue weighted by Crippen LogP contribution is -2.18. The number of pyridine rings is 1. The first-order valence-electron chi connectivity index (χ1n) is 6.13. The van der Waals surface area contributed by atoms with Crippen LogP contribution in [0.2, 0.25) is 5.02 Å². The average molecular weight is 337 g/mol. The Kier molecular flexibility index (Phi) is 3.38. The molecule has 1 N–H and O–H groups in total. The van der Waals surface area contributed by atoms with Crippen LogP contribution in [0.5, 0.6) is 0 Å². The predicted molar refractivity (Wildman–Crippen MR) is 80.7 cm³/mol. The molecule has 1 aromatic carbocycles. The first-order chi connectivity index (χ1) is 10.4. The standard InChI is InChI=1S/C14H9ClN2O4S/c15-11-6-7-16-13-10(11)8-12(14(18)19)17(13)22(20,21)9-4-2-1-3-5-9/h1-8H,(H,18,19). The Balaban J connectivity index is 2.42. The molecular weight excluding hydrogens is 328 g/mol. The molecule has 0 radical (unpaired) electrons. The number of hydrogen-bond donors (Lipinski definition) is 1. The zero-order valence-corrected chi connectivity index (χ0v) is 12.5. The summed E-state index contributed by atoms with van der Waals surface area (Å²) in [6.07, 6.45) is 1.33. The number of aromatic carboxylic acids is 1. The average Bonchev–Trinajstić information content (AvgIpc) is 2.90. The highest BCUT2D eigenvalue weighted by Gasteiger charge is 2.27. The number of nitrogens with zero attached hydrogens (tertiary/aromatic N) is 2. The Hall–Kier alpha value is -2.38. The van der Waals surface area contributed by atoms with Crippen molar-refractivity contribution < 1.29 is 18.3 Å². The number of hydrogen-bond acceptors (Lipinski definition) is 4. The van der Waals surface area contributed by atoms with Crippen LogP contribution in [0, 0.1) is 0 Å². The minimum atomic E-state index is -4.10. The molecule has 3 aromatic rings. The van der Waals surface area contributed by atoms with Crippen LogP contribution in [0.4, 0.5) is 0 Å². The lowest BCUT2D eigenvalue weighted by atomic mass is 10.3. The molecule has 2 aromatic heterocycles. The van der Waals surface area contributed by atoms with E-state index < -0.39 is 21.7 Å². The molecule has 112 valence electrons. The second-order valence-electron chi connectivity index (χ2n) is 4.45. The van der Waals surface area contributed by atoms with Crippen molar-refractivity contribution in [3.63, 3.8) is 0 Å². The van der Waals surface area contributed by atoms with Crippen molar-refractivity contribution in [2.24, 2.45) is 0 Å². The summed E-state index contributed by atoms with van der Waals surface area (Å²) in [7, 11) is -4.10. The molecule has 0 fully saturated rings. The van der Waals surface area contributed by atoms with E-state index in [0.29, 0.717) is 3.97 Å². The van der Waals surface area contributed by atoms with Gasteiger partial charge in [-0.2, -0.15) is 0 Å². The summed E-state index contributed by atoms with van der Waals surface area (Å²) in [4.78, 5) is 15.4. The third-order valence-corrected chi connectivity index (χ3v) is 5.16. The molecule has 3 rings (SSSR count). The molecule has 0 spiro atoms. The van der Waals surface area contributed by atoms with Gasteiger partial charge in [0.25, 0.3) is 10.0 Å². The van der Waals surface area contributed by atoms with E-state index in [1.165, 1.54) is 30.5 Å². The van der Waals surface area contributed by atoms with E-state index in [-0.39, 0.29) is 21.0 Å². The lowest BCUT2D eigenvalue weighted by Gasteiger charge is -2.09. The number of aromatic nitrogens is 2. The zero-order chi connectivity index (χ0) is 15.9. The molecule has 0 aliphatic rings. The van der Waals surface area contributed by atoms with Crippen LogP contribution in [0.1, 0.15) is 10.5 Å². The van der Waals surface area contributed by atoms with E-state index in [2.05, 4.69) is 4.98 Å². The SMILES string of the molecule is O=C(O)c1cc2c(Cl)ccnc2n1S(=O)(=O)c1ccccc1. The van der Waals surface area contributed by atoms with Gasteiger partial charge in [-0.1, -0.05) is 29.8 Å². The topological polar surface area (TPSA) is 89.3 Å². The van der Waals surface area contributed by atoms with Gasteiger partial charge in [-0.3, -0.25) is 0 Å². The number of carboxylic acids is 1. The fraction of sp³-hybridized carbons (Fsp3) is 0. The fourth-order valence-electron chi connectivity index (χ4n) is 2.13. The second-order valence-corrected chi connectivity index (χ2v) is 6.64. The van der Waals surface area contributed by atoms with Gasteiger partial charge in [0.2, 0.25) is 0 Å². The van der Waals surface area contributed by atoms with E-state index in [1.54, 1.807) is 18.2 Å². The minimum absolute atomic E-state index is 0.0197. The minimum Gasteiger partial charge on any atom is -0.477 e. The van der Waals surface area contributed by atoms with Gasteiger partial charge in [-0.25, -0.2) is 22.2 Å². The summed E-state index contributed by atoms with van der Waals surface area (Å²) in [5.74, 6) is -1.38. The van der Waals surface area contributed by atoms with Gasteiger partial charge in [0.05, 0.1) is 9.92 Å². The zero-order valence-electron chi connectivity index (χ0n) is 11.0. The molecule has 8 heteroatoms. The van der Waals surface area contributed by atoms with Crippen LogP contribution < -0.4 is 0 Å². The van der Waals surface area contributed by atoms with E-state index in [0.717, 1.165) is 0 Å². The number of benzene rings is 1. The quantitative estimate of drug-likeness (QED) is 0.794. The first-order valence-corrected chi connectivity index (χ1v) is 7.94. The van der Waals surface area contributed by atoms with Gasteiger partial charge in [0, 0.05) is 11.6 Å². The molecule has 0 saturated carbocycles. The maximum Gasteiger partial charge on any atom is 0.353 e. The van der Waals surface area contributed by atoms with Gasteiger partial charge < -0.3 is 5.11 Å². The van der Waals surface area contributed by atoms with Crippen molar-refractivity contribution in [1.82, 2.24) is 8.96 Å². The molecule has 0 amide bonds. The van der Waals surface area contributed by atoms with Crippen LogP contribution >= 0.6 is 11.6 Å². The number of carboxylic acid groups (broad SMARTS) is 1. The number of carbonyl (C=O) groups is 1. The van der Waals surface area contributed by atoms with Crippen molar-refractivity contribution in [1.29, 1.82) is 0 Å². The van der Waals surface area contributed by atoms with E-state index in [1.807, 2.05) is 0 Å². The highest BCUT2D eigenvalue weighted by atomic mass is 35.5. The largest absolute Gasteiger partial charge is 0.477 e. The van der Waals surface area contributed by atoms with Crippen molar-refractivity contribution in [3.8, 4) is 0 Å². The van der Waals surface area contributed by atoms with E-state index in [4.69, 9.17) is 11.6 Å². The predicted octanol–water partition coefficient (Wildman–Crippen LogP) is 2.62.